The van der Waals surface area contributed by atoms with Gasteiger partial charge in [-0.3, -0.25) is 9.69 Å². The Balaban J connectivity index is 1.02. The molecule has 3 aromatic heterocycles. The fourth-order valence-electron chi connectivity index (χ4n) is 10.5. The largest absolute Gasteiger partial charge is 0.490 e. The molecule has 4 bridgehead atoms. The Bertz CT molecular complexity index is 2150. The minimum Gasteiger partial charge on any atom is -0.490 e. The number of aromatic nitrogens is 4. The van der Waals surface area contributed by atoms with Gasteiger partial charge in [-0.15, -0.1) is 0 Å². The summed E-state index contributed by atoms with van der Waals surface area (Å²) in [4.78, 5) is 42.6. The van der Waals surface area contributed by atoms with Gasteiger partial charge in [0.05, 0.1) is 29.4 Å². The number of nitrogens with zero attached hydrogens (tertiary/aromatic N) is 6. The number of benzene rings is 1. The summed E-state index contributed by atoms with van der Waals surface area (Å²) in [5.41, 5.74) is -3.13. The van der Waals surface area contributed by atoms with Crippen molar-refractivity contribution in [2.24, 2.45) is 23.7 Å². The third kappa shape index (κ3) is 6.94. The highest BCUT2D eigenvalue weighted by molar-refractivity contribution is 6.00. The van der Waals surface area contributed by atoms with Crippen LogP contribution >= 0.6 is 0 Å². The number of aliphatic carboxylic acids is 1. The van der Waals surface area contributed by atoms with Gasteiger partial charge in [0.2, 0.25) is 5.95 Å². The Hall–Kier alpha value is -4.93. The molecule has 4 aromatic rings. The Morgan fingerprint density at radius 3 is 2.19 bits per heavy atom. The number of hydrogen-bond acceptors (Lipinski definition) is 8. The molecule has 302 valence electrons. The van der Waals surface area contributed by atoms with E-state index >= 15 is 0 Å². The van der Waals surface area contributed by atoms with Crippen molar-refractivity contribution in [1.82, 2.24) is 29.7 Å². The molecule has 1 aromatic carbocycles. The van der Waals surface area contributed by atoms with E-state index in [2.05, 4.69) is 25.2 Å². The van der Waals surface area contributed by atoms with Crippen LogP contribution in [0.15, 0.2) is 55.0 Å². The van der Waals surface area contributed by atoms with Gasteiger partial charge in [-0.2, -0.15) is 26.3 Å². The summed E-state index contributed by atoms with van der Waals surface area (Å²) < 4.78 is 92.2. The van der Waals surface area contributed by atoms with Gasteiger partial charge in [0, 0.05) is 74.6 Å². The second kappa shape index (κ2) is 13.9. The summed E-state index contributed by atoms with van der Waals surface area (Å²) in [6.07, 6.45) is 0.156. The molecule has 0 unspecified atom stereocenters. The van der Waals surface area contributed by atoms with Gasteiger partial charge in [-0.05, 0) is 86.1 Å². The van der Waals surface area contributed by atoms with E-state index < -0.39 is 53.6 Å². The average Bonchev–Trinajstić information content (AvgIpc) is 3.52. The Kier molecular flexibility index (Phi) is 9.16. The number of rotatable bonds is 9. The quantitative estimate of drug-likeness (QED) is 0.173. The fraction of sp³-hybridized carbons (Fsp3) is 0.525. The van der Waals surface area contributed by atoms with Gasteiger partial charge >= 0.3 is 18.3 Å². The monoisotopic (exact) mass is 797 g/mol. The number of halogens is 6. The van der Waals surface area contributed by atoms with Gasteiger partial charge in [-0.1, -0.05) is 0 Å². The number of hydrogen-bond donors (Lipinski definition) is 2. The lowest BCUT2D eigenvalue weighted by molar-refractivity contribution is -0.163. The molecular formula is C40H41F6N7O4. The van der Waals surface area contributed by atoms with Crippen molar-refractivity contribution in [3.05, 3.63) is 66.2 Å². The van der Waals surface area contributed by atoms with Crippen molar-refractivity contribution in [3.63, 3.8) is 0 Å². The number of carbonyl (C=O) groups is 2. The van der Waals surface area contributed by atoms with Gasteiger partial charge in [0.25, 0.3) is 5.91 Å². The summed E-state index contributed by atoms with van der Waals surface area (Å²) in [6.45, 7) is 0.388. The third-order valence-electron chi connectivity index (χ3n) is 12.9. The number of ether oxygens (including phenoxy) is 1. The van der Waals surface area contributed by atoms with Crippen molar-refractivity contribution in [1.29, 1.82) is 0 Å². The van der Waals surface area contributed by atoms with Gasteiger partial charge in [-0.25, -0.2) is 19.7 Å². The third-order valence-corrected chi connectivity index (χ3v) is 12.9. The van der Waals surface area contributed by atoms with E-state index in [1.165, 1.54) is 11.0 Å². The van der Waals surface area contributed by atoms with Crippen LogP contribution in [0.1, 0.15) is 67.0 Å². The zero-order valence-corrected chi connectivity index (χ0v) is 30.8. The Morgan fingerprint density at radius 1 is 0.912 bits per heavy atom. The van der Waals surface area contributed by atoms with E-state index in [9.17, 15) is 41.0 Å². The van der Waals surface area contributed by atoms with Crippen LogP contribution in [0.5, 0.6) is 5.75 Å². The molecule has 2 N–H and O–H groups in total. The molecule has 2 aliphatic heterocycles. The highest BCUT2D eigenvalue weighted by Gasteiger charge is 2.62. The molecule has 10 rings (SSSR count). The highest BCUT2D eigenvalue weighted by Crippen LogP contribution is 2.58. The molecule has 6 fully saturated rings. The molecule has 0 atom stereocenters. The molecule has 17 heteroatoms. The number of alkyl halides is 6. The maximum atomic E-state index is 14.8. The molecule has 57 heavy (non-hydrogen) atoms. The molecule has 4 saturated carbocycles. The van der Waals surface area contributed by atoms with Crippen molar-refractivity contribution < 1.29 is 45.8 Å². The molecule has 2 saturated heterocycles. The first-order valence-electron chi connectivity index (χ1n) is 19.4. The number of amides is 1. The van der Waals surface area contributed by atoms with Gasteiger partial charge in [0.1, 0.15) is 17.4 Å². The molecule has 1 amide bonds. The van der Waals surface area contributed by atoms with Crippen LogP contribution in [0.2, 0.25) is 0 Å². The smallest absolute Gasteiger partial charge is 0.434 e. The normalized spacial score (nSPS) is 26.8. The lowest BCUT2D eigenvalue weighted by atomic mass is 9.48. The van der Waals surface area contributed by atoms with E-state index in [4.69, 9.17) is 4.74 Å². The predicted molar refractivity (Wildman–Crippen MR) is 194 cm³/mol. The SMILES string of the molecule is O=C(NC1(C(=O)O)C2CC3CC(C2)CC1C3)c1ccc(-c2cn(C3CN(CC(F)(F)F)C3)c3cc(OC4CCN(c5ncccn5)CC4)ccc23)nc1C(F)(F)F. The number of carbonyl (C=O) groups excluding carboxylic acids is 1. The first kappa shape index (κ1) is 37.6. The molecular weight excluding hydrogens is 756 g/mol. The minimum absolute atomic E-state index is 0.0724. The number of anilines is 1. The lowest BCUT2D eigenvalue weighted by Crippen LogP contribution is -2.70. The molecule has 4 aliphatic carbocycles. The number of likely N-dealkylation sites (tertiary alicyclic amines) is 1. The summed E-state index contributed by atoms with van der Waals surface area (Å²) in [6, 6.07) is 8.84. The van der Waals surface area contributed by atoms with E-state index in [-0.39, 0.29) is 36.7 Å². The van der Waals surface area contributed by atoms with Crippen LogP contribution in [-0.4, -0.2) is 91.9 Å². The molecule has 0 radical (unpaired) electrons. The standard InChI is InChI=1S/C40H41F6N7O4/c41-38(42,43)21-51-18-26(19-51)53-20-31(29-3-2-28(17-33(29)53)57-27-6-10-52(11-7-27)37-47-8-1-9-48-37)32-5-4-30(34(49-32)40(44,45)46)35(54)50-39(36(55)56)24-13-22-12-23(15-24)16-25(39)14-22/h1-5,8-9,17,20,22-27H,6-7,10-16,18-19,21H2,(H,50,54)(H,55,56). The van der Waals surface area contributed by atoms with Crippen LogP contribution in [-0.2, 0) is 11.0 Å². The molecule has 0 spiro atoms. The van der Waals surface area contributed by atoms with Crippen molar-refractivity contribution in [3.8, 4) is 17.0 Å². The summed E-state index contributed by atoms with van der Waals surface area (Å²) in [7, 11) is 0. The molecule has 11 nitrogen and oxygen atoms in total. The second-order valence-electron chi connectivity index (χ2n) is 16.5. The minimum atomic E-state index is -5.07. The number of carboxylic acid groups (broad SMARTS) is 1. The van der Waals surface area contributed by atoms with E-state index in [0.29, 0.717) is 91.6 Å². The molecule has 6 aliphatic rings. The van der Waals surface area contributed by atoms with Crippen LogP contribution in [0, 0.1) is 23.7 Å². The number of carboxylic acids is 1. The summed E-state index contributed by atoms with van der Waals surface area (Å²) >= 11 is 0. The maximum Gasteiger partial charge on any atom is 0.434 e. The Morgan fingerprint density at radius 2 is 1.58 bits per heavy atom. The van der Waals surface area contributed by atoms with E-state index in [1.54, 1.807) is 47.4 Å². The summed E-state index contributed by atoms with van der Waals surface area (Å²) in [5, 5.41) is 13.6. The number of fused-ring (bicyclic) bond motifs is 1. The summed E-state index contributed by atoms with van der Waals surface area (Å²) in [5.74, 6) is -1.26. The zero-order valence-electron chi connectivity index (χ0n) is 30.8. The van der Waals surface area contributed by atoms with Crippen molar-refractivity contribution in [2.45, 2.75) is 75.0 Å². The number of nitrogens with one attached hydrogen (secondary N) is 1. The first-order valence-corrected chi connectivity index (χ1v) is 19.4. The Labute approximate surface area is 323 Å². The van der Waals surface area contributed by atoms with Crippen molar-refractivity contribution in [2.75, 3.05) is 37.6 Å². The van der Waals surface area contributed by atoms with Crippen molar-refractivity contribution >= 4 is 28.7 Å². The van der Waals surface area contributed by atoms with Crippen LogP contribution in [0.25, 0.3) is 22.2 Å². The fourth-order valence-corrected chi connectivity index (χ4v) is 10.5. The van der Waals surface area contributed by atoms with Crippen LogP contribution < -0.4 is 15.0 Å². The topological polar surface area (TPSA) is 126 Å². The molecule has 5 heterocycles. The number of piperidine rings is 1. The average molecular weight is 798 g/mol. The lowest BCUT2D eigenvalue weighted by Gasteiger charge is -2.59. The van der Waals surface area contributed by atoms with Crippen LogP contribution in [0.4, 0.5) is 32.3 Å². The first-order chi connectivity index (χ1) is 27.1. The van der Waals surface area contributed by atoms with Gasteiger partial charge < -0.3 is 24.6 Å². The second-order valence-corrected chi connectivity index (χ2v) is 16.5. The van der Waals surface area contributed by atoms with Crippen LogP contribution in [0.3, 0.4) is 0 Å². The van der Waals surface area contributed by atoms with E-state index in [0.717, 1.165) is 12.5 Å². The highest BCUT2D eigenvalue weighted by atomic mass is 19.4. The predicted octanol–water partition coefficient (Wildman–Crippen LogP) is 6.99. The zero-order chi connectivity index (χ0) is 39.9. The maximum absolute atomic E-state index is 14.8. The number of pyridine rings is 1. The van der Waals surface area contributed by atoms with E-state index in [1.807, 2.05) is 0 Å². The van der Waals surface area contributed by atoms with Gasteiger partial charge in [0.15, 0.2) is 5.69 Å².